The van der Waals surface area contributed by atoms with Gasteiger partial charge in [0.15, 0.2) is 0 Å². The molecule has 3 fully saturated rings. The summed E-state index contributed by atoms with van der Waals surface area (Å²) in [5.74, 6) is 1.21. The Labute approximate surface area is 168 Å². The average molecular weight is 387 g/mol. The Morgan fingerprint density at radius 1 is 1.18 bits per heavy atom. The molecule has 2 amide bonds. The molecule has 154 valence electrons. The first-order chi connectivity index (χ1) is 13.6. The minimum absolute atomic E-state index is 0.0996. The van der Waals surface area contributed by atoms with Crippen LogP contribution in [0.5, 0.6) is 0 Å². The van der Waals surface area contributed by atoms with Crippen LogP contribution in [-0.4, -0.2) is 57.8 Å². The molecule has 6 nitrogen and oxygen atoms in total. The van der Waals surface area contributed by atoms with Crippen LogP contribution in [0.1, 0.15) is 69.9 Å². The highest BCUT2D eigenvalue weighted by Crippen LogP contribution is 2.39. The van der Waals surface area contributed by atoms with Crippen LogP contribution in [0.25, 0.3) is 0 Å². The topological polar surface area (TPSA) is 69.3 Å². The molecule has 3 aliphatic rings. The van der Waals surface area contributed by atoms with Crippen molar-refractivity contribution in [3.05, 3.63) is 18.2 Å². The van der Waals surface area contributed by atoms with Crippen LogP contribution in [0.3, 0.4) is 0 Å². The number of nitrogens with one attached hydrogen (secondary N) is 1. The van der Waals surface area contributed by atoms with Crippen molar-refractivity contribution in [2.75, 3.05) is 26.2 Å². The lowest BCUT2D eigenvalue weighted by molar-refractivity contribution is -0.143. The fraction of sp³-hybridized carbons (Fsp3) is 0.773. The molecule has 0 bridgehead atoms. The molecule has 28 heavy (non-hydrogen) atoms. The Kier molecular flexibility index (Phi) is 6.02. The molecule has 1 saturated carbocycles. The second kappa shape index (κ2) is 8.66. The zero-order chi connectivity index (χ0) is 19.4. The fourth-order valence-electron chi connectivity index (χ4n) is 5.50. The van der Waals surface area contributed by atoms with Crippen molar-refractivity contribution in [1.29, 1.82) is 0 Å². The molecule has 2 saturated heterocycles. The van der Waals surface area contributed by atoms with E-state index in [0.29, 0.717) is 18.2 Å². The van der Waals surface area contributed by atoms with Crippen LogP contribution in [-0.2, 0) is 16.0 Å². The summed E-state index contributed by atoms with van der Waals surface area (Å²) < 4.78 is 0. The van der Waals surface area contributed by atoms with Crippen molar-refractivity contribution in [3.63, 3.8) is 0 Å². The van der Waals surface area contributed by atoms with Crippen LogP contribution >= 0.6 is 0 Å². The lowest BCUT2D eigenvalue weighted by Crippen LogP contribution is -2.55. The van der Waals surface area contributed by atoms with Gasteiger partial charge in [0.2, 0.25) is 11.8 Å². The smallest absolute Gasteiger partial charge is 0.222 e. The first-order valence-corrected chi connectivity index (χ1v) is 11.2. The van der Waals surface area contributed by atoms with Gasteiger partial charge >= 0.3 is 0 Å². The molecule has 3 heterocycles. The first kappa shape index (κ1) is 19.5. The largest absolute Gasteiger partial charge is 0.348 e. The van der Waals surface area contributed by atoms with Gasteiger partial charge < -0.3 is 14.8 Å². The second-order valence-corrected chi connectivity index (χ2v) is 9.27. The predicted molar refractivity (Wildman–Crippen MR) is 108 cm³/mol. The number of carbonyl (C=O) groups is 2. The van der Waals surface area contributed by atoms with Gasteiger partial charge in [-0.25, -0.2) is 4.98 Å². The van der Waals surface area contributed by atoms with E-state index < -0.39 is 0 Å². The molecule has 0 radical (unpaired) electrons. The van der Waals surface area contributed by atoms with Crippen molar-refractivity contribution in [3.8, 4) is 0 Å². The Morgan fingerprint density at radius 2 is 2.04 bits per heavy atom. The normalized spacial score (nSPS) is 26.8. The van der Waals surface area contributed by atoms with Gasteiger partial charge in [-0.05, 0) is 38.0 Å². The summed E-state index contributed by atoms with van der Waals surface area (Å²) in [7, 11) is 0. The predicted octanol–water partition coefficient (Wildman–Crippen LogP) is 3.15. The number of carbonyl (C=O) groups excluding carboxylic acids is 2. The third-order valence-corrected chi connectivity index (χ3v) is 7.16. The van der Waals surface area contributed by atoms with Gasteiger partial charge in [0, 0.05) is 62.7 Å². The van der Waals surface area contributed by atoms with E-state index in [1.165, 1.54) is 32.1 Å². The molecule has 2 aliphatic heterocycles. The van der Waals surface area contributed by atoms with E-state index in [0.717, 1.165) is 64.0 Å². The van der Waals surface area contributed by atoms with Gasteiger partial charge in [-0.2, -0.15) is 0 Å². The van der Waals surface area contributed by atoms with Gasteiger partial charge in [-0.1, -0.05) is 19.3 Å². The summed E-state index contributed by atoms with van der Waals surface area (Å²) in [5.41, 5.74) is 1.17. The standard InChI is InChI=1S/C22H34N4O2/c27-20-7-10-22(16-26(20)12-8-19-14-23-17-24-19)9-4-11-25(15-22)21(28)13-18-5-2-1-3-6-18/h14,17-18H,1-13,15-16H2,(H,23,24)/t22-/m1/s1. The Balaban J connectivity index is 1.34. The van der Waals surface area contributed by atoms with E-state index in [1.54, 1.807) is 6.33 Å². The number of aromatic nitrogens is 2. The van der Waals surface area contributed by atoms with Crippen LogP contribution in [0.2, 0.25) is 0 Å². The molecule has 6 heteroatoms. The summed E-state index contributed by atoms with van der Waals surface area (Å²) >= 11 is 0. The molecule has 4 rings (SSSR count). The molecule has 1 atom stereocenters. The molecule has 1 aromatic heterocycles. The minimum Gasteiger partial charge on any atom is -0.348 e. The maximum absolute atomic E-state index is 13.0. The van der Waals surface area contributed by atoms with Crippen molar-refractivity contribution in [2.45, 2.75) is 70.6 Å². The maximum atomic E-state index is 13.0. The molecular weight excluding hydrogens is 352 g/mol. The average Bonchev–Trinajstić information content (AvgIpc) is 3.23. The first-order valence-electron chi connectivity index (χ1n) is 11.2. The summed E-state index contributed by atoms with van der Waals surface area (Å²) in [4.78, 5) is 36.8. The zero-order valence-electron chi connectivity index (χ0n) is 17.0. The summed E-state index contributed by atoms with van der Waals surface area (Å²) in [6, 6.07) is 0. The molecular formula is C22H34N4O2. The summed E-state index contributed by atoms with van der Waals surface area (Å²) in [5, 5.41) is 0. The highest BCUT2D eigenvalue weighted by molar-refractivity contribution is 5.78. The third-order valence-electron chi connectivity index (χ3n) is 7.16. The van der Waals surface area contributed by atoms with Crippen molar-refractivity contribution >= 4 is 11.8 Å². The monoisotopic (exact) mass is 386 g/mol. The molecule has 0 unspecified atom stereocenters. The highest BCUT2D eigenvalue weighted by atomic mass is 16.2. The maximum Gasteiger partial charge on any atom is 0.222 e. The van der Waals surface area contributed by atoms with E-state index >= 15 is 0 Å². The lowest BCUT2D eigenvalue weighted by atomic mass is 9.73. The van der Waals surface area contributed by atoms with E-state index in [9.17, 15) is 9.59 Å². The van der Waals surface area contributed by atoms with Gasteiger partial charge in [-0.15, -0.1) is 0 Å². The third kappa shape index (κ3) is 4.58. The summed E-state index contributed by atoms with van der Waals surface area (Å²) in [6.45, 7) is 3.27. The number of H-pyrrole nitrogens is 1. The number of rotatable bonds is 5. The molecule has 1 aromatic rings. The number of piperidine rings is 2. The lowest BCUT2D eigenvalue weighted by Gasteiger charge is -2.48. The van der Waals surface area contributed by atoms with E-state index in [-0.39, 0.29) is 11.3 Å². The van der Waals surface area contributed by atoms with Crippen molar-refractivity contribution in [1.82, 2.24) is 19.8 Å². The second-order valence-electron chi connectivity index (χ2n) is 9.27. The van der Waals surface area contributed by atoms with Crippen molar-refractivity contribution in [2.24, 2.45) is 11.3 Å². The number of likely N-dealkylation sites (tertiary alicyclic amines) is 2. The van der Waals surface area contributed by atoms with Crippen LogP contribution in [0.15, 0.2) is 12.5 Å². The van der Waals surface area contributed by atoms with Crippen LogP contribution in [0.4, 0.5) is 0 Å². The number of amides is 2. The highest BCUT2D eigenvalue weighted by Gasteiger charge is 2.42. The molecule has 1 aliphatic carbocycles. The number of imidazole rings is 1. The minimum atomic E-state index is 0.0996. The van der Waals surface area contributed by atoms with Crippen LogP contribution < -0.4 is 0 Å². The number of hydrogen-bond acceptors (Lipinski definition) is 3. The molecule has 0 aromatic carbocycles. The Morgan fingerprint density at radius 3 is 2.82 bits per heavy atom. The van der Waals surface area contributed by atoms with Gasteiger partial charge in [0.05, 0.1) is 6.33 Å². The Bertz CT molecular complexity index is 668. The Hall–Kier alpha value is -1.85. The quantitative estimate of drug-likeness (QED) is 0.845. The zero-order valence-corrected chi connectivity index (χ0v) is 17.0. The number of nitrogens with zero attached hydrogens (tertiary/aromatic N) is 3. The van der Waals surface area contributed by atoms with Gasteiger partial charge in [-0.3, -0.25) is 9.59 Å². The van der Waals surface area contributed by atoms with Gasteiger partial charge in [0.1, 0.15) is 0 Å². The SMILES string of the molecule is O=C1CC[C@@]2(CCCN(C(=O)CC3CCCCC3)C2)CN1CCc1cnc[nH]1. The van der Waals surface area contributed by atoms with Crippen molar-refractivity contribution < 1.29 is 9.59 Å². The number of hydrogen-bond donors (Lipinski definition) is 1. The summed E-state index contributed by atoms with van der Waals surface area (Å²) in [6.07, 6.45) is 15.2. The van der Waals surface area contributed by atoms with Gasteiger partial charge in [0.25, 0.3) is 0 Å². The molecule has 1 N–H and O–H groups in total. The number of aromatic amines is 1. The molecule has 1 spiro atoms. The van der Waals surface area contributed by atoms with E-state index in [4.69, 9.17) is 0 Å². The van der Waals surface area contributed by atoms with E-state index in [2.05, 4.69) is 14.9 Å². The fourth-order valence-corrected chi connectivity index (χ4v) is 5.50. The van der Waals surface area contributed by atoms with E-state index in [1.807, 2.05) is 11.1 Å². The van der Waals surface area contributed by atoms with Crippen LogP contribution in [0, 0.1) is 11.3 Å².